The van der Waals surface area contributed by atoms with Crippen LogP contribution in [0.3, 0.4) is 0 Å². The van der Waals surface area contributed by atoms with E-state index in [0.717, 1.165) is 19.3 Å². The summed E-state index contributed by atoms with van der Waals surface area (Å²) in [6.07, 6.45) is 6.69. The maximum atomic E-state index is 8.86. The quantitative estimate of drug-likeness (QED) is 0.730. The summed E-state index contributed by atoms with van der Waals surface area (Å²) in [5.41, 5.74) is 5.87. The molecule has 1 rings (SSSR count). The molecule has 0 aliphatic heterocycles. The van der Waals surface area contributed by atoms with Crippen LogP contribution in [0.25, 0.3) is 0 Å². The number of hydrogen-bond donors (Lipinski definition) is 1. The molecule has 0 aromatic rings. The number of rotatable bonds is 5. The van der Waals surface area contributed by atoms with E-state index >= 15 is 0 Å². The van der Waals surface area contributed by atoms with Crippen LogP contribution in [0.15, 0.2) is 0 Å². The third-order valence-corrected chi connectivity index (χ3v) is 3.41. The Morgan fingerprint density at radius 2 is 1.94 bits per heavy atom. The highest BCUT2D eigenvalue weighted by Crippen LogP contribution is 2.26. The Hall–Kier alpha value is -0.590. The molecule has 2 N–H and O–H groups in total. The van der Waals surface area contributed by atoms with E-state index in [1.165, 1.54) is 19.3 Å². The summed E-state index contributed by atoms with van der Waals surface area (Å²) in [5, 5.41) is 8.86. The molecule has 0 aromatic carbocycles. The molecule has 0 heterocycles. The van der Waals surface area contributed by atoms with Gasteiger partial charge in [-0.15, -0.1) is 0 Å². The first-order chi connectivity index (χ1) is 7.47. The number of hydrogen-bond acceptors (Lipinski definition) is 3. The van der Waals surface area contributed by atoms with Crippen molar-refractivity contribution in [3.8, 4) is 6.07 Å². The smallest absolute Gasteiger partial charge is 0.0684 e. The number of nitrogens with zero attached hydrogens (tertiary/aromatic N) is 1. The number of nitriles is 1. The Labute approximate surface area is 99.0 Å². The molecule has 0 bridgehead atoms. The van der Waals surface area contributed by atoms with Gasteiger partial charge in [-0.05, 0) is 33.1 Å². The lowest BCUT2D eigenvalue weighted by molar-refractivity contribution is 0.0572. The standard InChI is InChI=1S/C13H24N2O/c1-12(2,10-14)8-9-16-11-13(15)6-4-3-5-7-13/h3-9,11,15H2,1-2H3. The topological polar surface area (TPSA) is 59.0 Å². The minimum atomic E-state index is -0.283. The van der Waals surface area contributed by atoms with Crippen LogP contribution in [0.4, 0.5) is 0 Å². The molecule has 1 saturated carbocycles. The summed E-state index contributed by atoms with van der Waals surface area (Å²) < 4.78 is 5.64. The van der Waals surface area contributed by atoms with Gasteiger partial charge in [0.05, 0.1) is 18.1 Å². The third kappa shape index (κ3) is 4.51. The SMILES string of the molecule is CC(C)(C#N)CCOCC1(N)CCCCC1. The lowest BCUT2D eigenvalue weighted by Crippen LogP contribution is -2.46. The lowest BCUT2D eigenvalue weighted by Gasteiger charge is -2.33. The average Bonchev–Trinajstić information content (AvgIpc) is 2.26. The van der Waals surface area contributed by atoms with Crippen LogP contribution in [-0.2, 0) is 4.74 Å². The molecule has 92 valence electrons. The van der Waals surface area contributed by atoms with Gasteiger partial charge in [0.15, 0.2) is 0 Å². The van der Waals surface area contributed by atoms with Crippen molar-refractivity contribution in [3.05, 3.63) is 0 Å². The van der Waals surface area contributed by atoms with Gasteiger partial charge in [0, 0.05) is 12.1 Å². The van der Waals surface area contributed by atoms with Gasteiger partial charge in [-0.25, -0.2) is 0 Å². The zero-order chi connectivity index (χ0) is 12.1. The minimum absolute atomic E-state index is 0.102. The molecule has 1 aliphatic carbocycles. The molecule has 0 amide bonds. The van der Waals surface area contributed by atoms with E-state index < -0.39 is 0 Å². The highest BCUT2D eigenvalue weighted by Gasteiger charge is 2.27. The maximum absolute atomic E-state index is 8.86. The van der Waals surface area contributed by atoms with E-state index in [2.05, 4.69) is 6.07 Å². The van der Waals surface area contributed by atoms with E-state index in [1.54, 1.807) is 0 Å². The first-order valence-corrected chi connectivity index (χ1v) is 6.25. The monoisotopic (exact) mass is 224 g/mol. The Balaban J connectivity index is 2.18. The summed E-state index contributed by atoms with van der Waals surface area (Å²) in [7, 11) is 0. The van der Waals surface area contributed by atoms with E-state index in [0.29, 0.717) is 13.2 Å². The number of nitrogens with two attached hydrogens (primary N) is 1. The minimum Gasteiger partial charge on any atom is -0.379 e. The van der Waals surface area contributed by atoms with Crippen molar-refractivity contribution in [2.24, 2.45) is 11.1 Å². The highest BCUT2D eigenvalue weighted by atomic mass is 16.5. The van der Waals surface area contributed by atoms with Crippen molar-refractivity contribution in [2.75, 3.05) is 13.2 Å². The average molecular weight is 224 g/mol. The van der Waals surface area contributed by atoms with Crippen LogP contribution in [0.1, 0.15) is 52.4 Å². The Bertz CT molecular complexity index is 249. The normalized spacial score (nSPS) is 20.4. The van der Waals surface area contributed by atoms with Crippen LogP contribution >= 0.6 is 0 Å². The van der Waals surface area contributed by atoms with Crippen molar-refractivity contribution >= 4 is 0 Å². The van der Waals surface area contributed by atoms with Crippen molar-refractivity contribution in [3.63, 3.8) is 0 Å². The molecule has 0 atom stereocenters. The predicted octanol–water partition coefficient (Wildman–Crippen LogP) is 2.60. The van der Waals surface area contributed by atoms with Crippen LogP contribution in [0.2, 0.25) is 0 Å². The molecular weight excluding hydrogens is 200 g/mol. The maximum Gasteiger partial charge on any atom is 0.0684 e. The summed E-state index contributed by atoms with van der Waals surface area (Å²) in [6.45, 7) is 5.17. The van der Waals surface area contributed by atoms with Crippen LogP contribution in [0.5, 0.6) is 0 Å². The van der Waals surface area contributed by atoms with Crippen molar-refractivity contribution < 1.29 is 4.74 Å². The second-order valence-electron chi connectivity index (χ2n) is 5.72. The number of ether oxygens (including phenoxy) is 1. The summed E-state index contributed by atoms with van der Waals surface area (Å²) in [5.74, 6) is 0. The van der Waals surface area contributed by atoms with Crippen LogP contribution in [0, 0.1) is 16.7 Å². The van der Waals surface area contributed by atoms with Crippen molar-refractivity contribution in [2.45, 2.75) is 57.9 Å². The van der Waals surface area contributed by atoms with Gasteiger partial charge in [0.2, 0.25) is 0 Å². The van der Waals surface area contributed by atoms with Gasteiger partial charge < -0.3 is 10.5 Å². The summed E-state index contributed by atoms with van der Waals surface area (Å²) in [6, 6.07) is 2.28. The van der Waals surface area contributed by atoms with Crippen molar-refractivity contribution in [1.29, 1.82) is 5.26 Å². The lowest BCUT2D eigenvalue weighted by atomic mass is 9.83. The third-order valence-electron chi connectivity index (χ3n) is 3.41. The van der Waals surface area contributed by atoms with E-state index in [9.17, 15) is 0 Å². The zero-order valence-corrected chi connectivity index (χ0v) is 10.6. The second-order valence-corrected chi connectivity index (χ2v) is 5.72. The fourth-order valence-corrected chi connectivity index (χ4v) is 2.06. The fourth-order valence-electron chi connectivity index (χ4n) is 2.06. The molecule has 0 radical (unpaired) electrons. The van der Waals surface area contributed by atoms with Gasteiger partial charge in [0.25, 0.3) is 0 Å². The molecule has 1 aliphatic rings. The van der Waals surface area contributed by atoms with Crippen LogP contribution < -0.4 is 5.73 Å². The van der Waals surface area contributed by atoms with Gasteiger partial charge in [-0.2, -0.15) is 5.26 Å². The second kappa shape index (κ2) is 5.65. The zero-order valence-electron chi connectivity index (χ0n) is 10.6. The van der Waals surface area contributed by atoms with E-state index in [4.69, 9.17) is 15.7 Å². The molecular formula is C13H24N2O. The van der Waals surface area contributed by atoms with Gasteiger partial charge >= 0.3 is 0 Å². The molecule has 3 heteroatoms. The summed E-state index contributed by atoms with van der Waals surface area (Å²) >= 11 is 0. The molecule has 0 spiro atoms. The highest BCUT2D eigenvalue weighted by molar-refractivity contribution is 4.91. The van der Waals surface area contributed by atoms with Gasteiger partial charge in [-0.1, -0.05) is 19.3 Å². The molecule has 1 fully saturated rings. The van der Waals surface area contributed by atoms with Gasteiger partial charge in [0.1, 0.15) is 0 Å². The van der Waals surface area contributed by atoms with E-state index in [1.807, 2.05) is 13.8 Å². The molecule has 0 saturated heterocycles. The molecule has 0 aromatic heterocycles. The van der Waals surface area contributed by atoms with Crippen LogP contribution in [-0.4, -0.2) is 18.8 Å². The summed E-state index contributed by atoms with van der Waals surface area (Å²) in [4.78, 5) is 0. The molecule has 0 unspecified atom stereocenters. The van der Waals surface area contributed by atoms with E-state index in [-0.39, 0.29) is 11.0 Å². The first kappa shape index (κ1) is 13.5. The molecule has 3 nitrogen and oxygen atoms in total. The predicted molar refractivity (Wildman–Crippen MR) is 64.8 cm³/mol. The van der Waals surface area contributed by atoms with Crippen molar-refractivity contribution in [1.82, 2.24) is 0 Å². The molecule has 16 heavy (non-hydrogen) atoms. The Kier molecular flexibility index (Phi) is 4.76. The Morgan fingerprint density at radius 3 is 2.50 bits per heavy atom. The van der Waals surface area contributed by atoms with Gasteiger partial charge in [-0.3, -0.25) is 0 Å². The first-order valence-electron chi connectivity index (χ1n) is 6.25. The largest absolute Gasteiger partial charge is 0.379 e. The Morgan fingerprint density at radius 1 is 1.31 bits per heavy atom. The fraction of sp³-hybridized carbons (Fsp3) is 0.923.